The fourth-order valence-corrected chi connectivity index (χ4v) is 2.50. The summed E-state index contributed by atoms with van der Waals surface area (Å²) in [5.74, 6) is -0.0738. The Kier molecular flexibility index (Phi) is 4.20. The largest absolute Gasteiger partial charge is 0.336 e. The van der Waals surface area contributed by atoms with Crippen molar-refractivity contribution in [1.29, 1.82) is 0 Å². The lowest BCUT2D eigenvalue weighted by Gasteiger charge is -2.33. The molecule has 4 nitrogen and oxygen atoms in total. The first-order valence-corrected chi connectivity index (χ1v) is 6.76. The van der Waals surface area contributed by atoms with Crippen molar-refractivity contribution in [2.45, 2.75) is 39.2 Å². The number of hydrogen-bond donors (Lipinski definition) is 1. The first kappa shape index (κ1) is 13.6. The van der Waals surface area contributed by atoms with Gasteiger partial charge in [-0.15, -0.1) is 0 Å². The molecule has 0 aromatic heterocycles. The summed E-state index contributed by atoms with van der Waals surface area (Å²) < 4.78 is 0. The summed E-state index contributed by atoms with van der Waals surface area (Å²) in [5.41, 5.74) is 1.31. The minimum Gasteiger partial charge on any atom is -0.336 e. The lowest BCUT2D eigenvalue weighted by molar-refractivity contribution is -0.114. The van der Waals surface area contributed by atoms with Gasteiger partial charge in [0.05, 0.1) is 0 Å². The van der Waals surface area contributed by atoms with Crippen LogP contribution in [-0.2, 0) is 4.79 Å². The zero-order valence-electron chi connectivity index (χ0n) is 11.5. The Morgan fingerprint density at radius 2 is 2.11 bits per heavy atom. The molecule has 0 radical (unpaired) electrons. The van der Waals surface area contributed by atoms with E-state index in [2.05, 4.69) is 12.2 Å². The van der Waals surface area contributed by atoms with Crippen LogP contribution in [0.1, 0.15) is 43.5 Å². The normalized spacial score (nSPS) is 19.1. The number of likely N-dealkylation sites (tertiary alicyclic amines) is 1. The molecular formula is C15H20N2O2. The molecule has 1 aromatic rings. The van der Waals surface area contributed by atoms with Crippen LogP contribution in [-0.4, -0.2) is 29.3 Å². The standard InChI is InChI=1S/C15H20N2O2/c1-11-6-3-4-9-17(11)15(19)13-7-5-8-14(10-13)16-12(2)18/h5,7-8,10-11H,3-4,6,9H2,1-2H3,(H,16,18)/t11-/m1/s1. The average Bonchev–Trinajstić information content (AvgIpc) is 2.38. The fraction of sp³-hybridized carbons (Fsp3) is 0.467. The van der Waals surface area contributed by atoms with Crippen LogP contribution in [0.2, 0.25) is 0 Å². The Bertz CT molecular complexity index is 485. The highest BCUT2D eigenvalue weighted by Gasteiger charge is 2.24. The molecule has 1 fully saturated rings. The Morgan fingerprint density at radius 3 is 2.79 bits per heavy atom. The van der Waals surface area contributed by atoms with Gasteiger partial charge in [-0.1, -0.05) is 6.07 Å². The molecule has 0 bridgehead atoms. The van der Waals surface area contributed by atoms with E-state index in [1.54, 1.807) is 24.3 Å². The minimum absolute atomic E-state index is 0.0550. The molecular weight excluding hydrogens is 240 g/mol. The average molecular weight is 260 g/mol. The lowest BCUT2D eigenvalue weighted by Crippen LogP contribution is -2.42. The maximum Gasteiger partial charge on any atom is 0.254 e. The van der Waals surface area contributed by atoms with Crippen LogP contribution < -0.4 is 5.32 Å². The molecule has 0 saturated carbocycles. The first-order chi connectivity index (χ1) is 9.08. The molecule has 1 atom stereocenters. The van der Waals surface area contributed by atoms with E-state index in [1.807, 2.05) is 4.90 Å². The Labute approximate surface area is 113 Å². The molecule has 1 aliphatic heterocycles. The molecule has 1 aliphatic rings. The predicted octanol–water partition coefficient (Wildman–Crippen LogP) is 2.66. The molecule has 0 spiro atoms. The van der Waals surface area contributed by atoms with Gasteiger partial charge in [0, 0.05) is 30.8 Å². The second-order valence-electron chi connectivity index (χ2n) is 5.11. The number of carbonyl (C=O) groups excluding carboxylic acids is 2. The van der Waals surface area contributed by atoms with Crippen molar-refractivity contribution in [3.63, 3.8) is 0 Å². The highest BCUT2D eigenvalue weighted by molar-refractivity contribution is 5.97. The van der Waals surface area contributed by atoms with E-state index in [0.717, 1.165) is 19.4 Å². The number of nitrogens with zero attached hydrogens (tertiary/aromatic N) is 1. The van der Waals surface area contributed by atoms with Crippen LogP contribution in [0.25, 0.3) is 0 Å². The topological polar surface area (TPSA) is 49.4 Å². The number of piperidine rings is 1. The Hall–Kier alpha value is -1.84. The summed E-state index contributed by atoms with van der Waals surface area (Å²) >= 11 is 0. The van der Waals surface area contributed by atoms with Crippen molar-refractivity contribution in [2.24, 2.45) is 0 Å². The van der Waals surface area contributed by atoms with E-state index in [1.165, 1.54) is 13.3 Å². The number of nitrogens with one attached hydrogen (secondary N) is 1. The second-order valence-corrected chi connectivity index (χ2v) is 5.11. The zero-order chi connectivity index (χ0) is 13.8. The Morgan fingerprint density at radius 1 is 1.32 bits per heavy atom. The fourth-order valence-electron chi connectivity index (χ4n) is 2.50. The third-order valence-electron chi connectivity index (χ3n) is 3.49. The molecule has 1 heterocycles. The maximum atomic E-state index is 12.5. The summed E-state index contributed by atoms with van der Waals surface area (Å²) in [6.07, 6.45) is 3.33. The van der Waals surface area contributed by atoms with Crippen molar-refractivity contribution in [2.75, 3.05) is 11.9 Å². The van der Waals surface area contributed by atoms with Gasteiger partial charge in [0.2, 0.25) is 5.91 Å². The minimum atomic E-state index is -0.129. The van der Waals surface area contributed by atoms with E-state index in [0.29, 0.717) is 17.3 Å². The van der Waals surface area contributed by atoms with Crippen LogP contribution in [0.4, 0.5) is 5.69 Å². The molecule has 102 valence electrons. The van der Waals surface area contributed by atoms with Gasteiger partial charge in [-0.3, -0.25) is 9.59 Å². The molecule has 19 heavy (non-hydrogen) atoms. The van der Waals surface area contributed by atoms with Crippen LogP contribution in [0.15, 0.2) is 24.3 Å². The molecule has 2 amide bonds. The molecule has 1 saturated heterocycles. The van der Waals surface area contributed by atoms with Gasteiger partial charge < -0.3 is 10.2 Å². The summed E-state index contributed by atoms with van der Waals surface area (Å²) in [6, 6.07) is 7.43. The van der Waals surface area contributed by atoms with Crippen molar-refractivity contribution in [3.8, 4) is 0 Å². The van der Waals surface area contributed by atoms with E-state index >= 15 is 0 Å². The van der Waals surface area contributed by atoms with Crippen LogP contribution in [0.5, 0.6) is 0 Å². The molecule has 1 N–H and O–H groups in total. The number of hydrogen-bond acceptors (Lipinski definition) is 2. The smallest absolute Gasteiger partial charge is 0.254 e. The predicted molar refractivity (Wildman–Crippen MR) is 75.1 cm³/mol. The van der Waals surface area contributed by atoms with E-state index in [9.17, 15) is 9.59 Å². The maximum absolute atomic E-state index is 12.5. The van der Waals surface area contributed by atoms with Crippen LogP contribution >= 0.6 is 0 Å². The van der Waals surface area contributed by atoms with Gasteiger partial charge >= 0.3 is 0 Å². The molecule has 0 unspecified atom stereocenters. The van der Waals surface area contributed by atoms with Crippen molar-refractivity contribution in [1.82, 2.24) is 4.90 Å². The summed E-state index contributed by atoms with van der Waals surface area (Å²) in [4.78, 5) is 25.4. The number of amides is 2. The van der Waals surface area contributed by atoms with Gasteiger partial charge in [-0.25, -0.2) is 0 Å². The number of benzene rings is 1. The van der Waals surface area contributed by atoms with Crippen LogP contribution in [0, 0.1) is 0 Å². The number of carbonyl (C=O) groups is 2. The monoisotopic (exact) mass is 260 g/mol. The summed E-state index contributed by atoms with van der Waals surface area (Å²) in [5, 5.41) is 2.70. The van der Waals surface area contributed by atoms with Gasteiger partial charge in [-0.05, 0) is 44.4 Å². The Balaban J connectivity index is 2.16. The second kappa shape index (κ2) is 5.87. The van der Waals surface area contributed by atoms with E-state index < -0.39 is 0 Å². The van der Waals surface area contributed by atoms with E-state index in [-0.39, 0.29) is 11.8 Å². The third kappa shape index (κ3) is 3.34. The van der Waals surface area contributed by atoms with Crippen molar-refractivity contribution >= 4 is 17.5 Å². The first-order valence-electron chi connectivity index (χ1n) is 6.76. The van der Waals surface area contributed by atoms with Gasteiger partial charge in [0.15, 0.2) is 0 Å². The summed E-state index contributed by atoms with van der Waals surface area (Å²) in [7, 11) is 0. The van der Waals surface area contributed by atoms with E-state index in [4.69, 9.17) is 0 Å². The number of rotatable bonds is 2. The van der Waals surface area contributed by atoms with Gasteiger partial charge in [0.25, 0.3) is 5.91 Å². The third-order valence-corrected chi connectivity index (χ3v) is 3.49. The molecule has 0 aliphatic carbocycles. The molecule has 1 aromatic carbocycles. The van der Waals surface area contributed by atoms with Crippen molar-refractivity contribution in [3.05, 3.63) is 29.8 Å². The molecule has 2 rings (SSSR count). The number of anilines is 1. The van der Waals surface area contributed by atoms with Gasteiger partial charge in [-0.2, -0.15) is 0 Å². The molecule has 4 heteroatoms. The lowest BCUT2D eigenvalue weighted by atomic mass is 10.0. The SMILES string of the molecule is CC(=O)Nc1cccc(C(=O)N2CCCC[C@H]2C)c1. The highest BCUT2D eigenvalue weighted by Crippen LogP contribution is 2.20. The van der Waals surface area contributed by atoms with Crippen molar-refractivity contribution < 1.29 is 9.59 Å². The van der Waals surface area contributed by atoms with Gasteiger partial charge in [0.1, 0.15) is 0 Å². The highest BCUT2D eigenvalue weighted by atomic mass is 16.2. The zero-order valence-corrected chi connectivity index (χ0v) is 11.5. The summed E-state index contributed by atoms with van der Waals surface area (Å²) in [6.45, 7) is 4.38. The van der Waals surface area contributed by atoms with Crippen LogP contribution in [0.3, 0.4) is 0 Å². The quantitative estimate of drug-likeness (QED) is 0.888.